The molecule has 31 heavy (non-hydrogen) atoms. The first-order chi connectivity index (χ1) is 15.1. The lowest BCUT2D eigenvalue weighted by Gasteiger charge is -2.41. The fourth-order valence-electron chi connectivity index (χ4n) is 4.33. The van der Waals surface area contributed by atoms with Gasteiger partial charge < -0.3 is 14.6 Å². The van der Waals surface area contributed by atoms with Crippen LogP contribution < -0.4 is 15.0 Å². The van der Waals surface area contributed by atoms with Crippen LogP contribution >= 0.6 is 0 Å². The molecule has 3 amide bonds. The second-order valence-electron chi connectivity index (χ2n) is 7.74. The van der Waals surface area contributed by atoms with E-state index < -0.39 is 6.03 Å². The molecule has 1 saturated heterocycles. The minimum Gasteiger partial charge on any atom is -0.497 e. The summed E-state index contributed by atoms with van der Waals surface area (Å²) in [6, 6.07) is 9.88. The number of anilines is 1. The molecule has 2 fully saturated rings. The van der Waals surface area contributed by atoms with Crippen molar-refractivity contribution in [3.8, 4) is 17.1 Å². The maximum Gasteiger partial charge on any atom is 0.328 e. The molecular formula is C22H21N5O4. The Morgan fingerprint density at radius 3 is 2.74 bits per heavy atom. The maximum absolute atomic E-state index is 13.1. The Hall–Kier alpha value is -3.75. The summed E-state index contributed by atoms with van der Waals surface area (Å²) in [7, 11) is 1.57. The number of imide groups is 1. The van der Waals surface area contributed by atoms with E-state index in [1.54, 1.807) is 43.8 Å². The normalized spacial score (nSPS) is 23.3. The van der Waals surface area contributed by atoms with Crippen molar-refractivity contribution in [3.63, 3.8) is 0 Å². The van der Waals surface area contributed by atoms with Crippen LogP contribution in [0.4, 0.5) is 10.5 Å². The minimum absolute atomic E-state index is 0.0141. The van der Waals surface area contributed by atoms with E-state index in [0.717, 1.165) is 12.0 Å². The highest BCUT2D eigenvalue weighted by Crippen LogP contribution is 2.39. The fraction of sp³-hybridized carbons (Fsp3) is 0.318. The summed E-state index contributed by atoms with van der Waals surface area (Å²) in [5.74, 6) is 1.20. The van der Waals surface area contributed by atoms with Gasteiger partial charge >= 0.3 is 6.03 Å². The van der Waals surface area contributed by atoms with Crippen LogP contribution in [0.2, 0.25) is 0 Å². The van der Waals surface area contributed by atoms with Gasteiger partial charge in [0.2, 0.25) is 17.6 Å². The van der Waals surface area contributed by atoms with Crippen LogP contribution in [0, 0.1) is 5.92 Å². The highest BCUT2D eigenvalue weighted by Gasteiger charge is 2.45. The number of fused-ring (bicyclic) bond motifs is 1. The number of rotatable bonds is 4. The minimum atomic E-state index is -0.418. The van der Waals surface area contributed by atoms with Crippen LogP contribution in [0.3, 0.4) is 0 Å². The molecule has 1 aliphatic heterocycles. The smallest absolute Gasteiger partial charge is 0.328 e. The third kappa shape index (κ3) is 3.52. The van der Waals surface area contributed by atoms with Crippen LogP contribution in [0.5, 0.6) is 5.75 Å². The number of amides is 3. The molecule has 0 radical (unpaired) electrons. The molecule has 1 saturated carbocycles. The highest BCUT2D eigenvalue weighted by atomic mass is 16.5. The number of urea groups is 1. The Bertz CT molecular complexity index is 1100. The van der Waals surface area contributed by atoms with E-state index in [0.29, 0.717) is 36.0 Å². The van der Waals surface area contributed by atoms with Gasteiger partial charge in [0.25, 0.3) is 0 Å². The highest BCUT2D eigenvalue weighted by molar-refractivity contribution is 6.17. The summed E-state index contributed by atoms with van der Waals surface area (Å²) in [5.41, 5.74) is 1.31. The predicted molar refractivity (Wildman–Crippen MR) is 110 cm³/mol. The summed E-state index contributed by atoms with van der Waals surface area (Å²) < 4.78 is 10.6. The van der Waals surface area contributed by atoms with E-state index in [1.165, 1.54) is 4.90 Å². The lowest BCUT2D eigenvalue weighted by molar-refractivity contribution is -0.124. The third-order valence-electron chi connectivity index (χ3n) is 5.94. The van der Waals surface area contributed by atoms with E-state index in [2.05, 4.69) is 20.4 Å². The van der Waals surface area contributed by atoms with Crippen molar-refractivity contribution >= 4 is 17.6 Å². The molecule has 9 heteroatoms. The van der Waals surface area contributed by atoms with Gasteiger partial charge in [0.15, 0.2) is 0 Å². The Balaban J connectivity index is 1.31. The average molecular weight is 419 g/mol. The number of aromatic nitrogens is 3. The molecule has 3 atom stereocenters. The van der Waals surface area contributed by atoms with Gasteiger partial charge in [0, 0.05) is 29.9 Å². The first-order valence-corrected chi connectivity index (χ1v) is 10.2. The van der Waals surface area contributed by atoms with Crippen LogP contribution in [0.15, 0.2) is 53.3 Å². The summed E-state index contributed by atoms with van der Waals surface area (Å²) in [6.45, 7) is 0. The van der Waals surface area contributed by atoms with E-state index in [4.69, 9.17) is 9.26 Å². The molecule has 1 aromatic carbocycles. The number of ether oxygens (including phenoxy) is 1. The summed E-state index contributed by atoms with van der Waals surface area (Å²) in [6.07, 6.45) is 5.30. The Morgan fingerprint density at radius 2 is 2.00 bits per heavy atom. The van der Waals surface area contributed by atoms with Gasteiger partial charge in [-0.05, 0) is 55.7 Å². The number of hydrogen-bond donors (Lipinski definition) is 1. The molecule has 3 heterocycles. The summed E-state index contributed by atoms with van der Waals surface area (Å²) in [5, 5.41) is 7.06. The van der Waals surface area contributed by atoms with Crippen LogP contribution in [-0.2, 0) is 4.79 Å². The maximum atomic E-state index is 13.1. The van der Waals surface area contributed by atoms with Crippen molar-refractivity contribution < 1.29 is 18.8 Å². The Kier molecular flexibility index (Phi) is 4.85. The first-order valence-electron chi connectivity index (χ1n) is 10.2. The van der Waals surface area contributed by atoms with Crippen molar-refractivity contribution in [3.05, 3.63) is 54.7 Å². The number of methoxy groups -OCH3 is 1. The second kappa shape index (κ2) is 7.82. The molecule has 2 aromatic heterocycles. The molecule has 3 aromatic rings. The summed E-state index contributed by atoms with van der Waals surface area (Å²) >= 11 is 0. The van der Waals surface area contributed by atoms with Crippen molar-refractivity contribution in [1.82, 2.24) is 20.4 Å². The topological polar surface area (TPSA) is 110 Å². The molecule has 158 valence electrons. The van der Waals surface area contributed by atoms with Gasteiger partial charge in [0.05, 0.1) is 18.7 Å². The van der Waals surface area contributed by atoms with Gasteiger partial charge in [-0.15, -0.1) is 0 Å². The number of carbonyl (C=O) groups is 2. The molecule has 0 bridgehead atoms. The quantitative estimate of drug-likeness (QED) is 0.692. The number of nitrogens with one attached hydrogen (secondary N) is 1. The van der Waals surface area contributed by atoms with Crippen molar-refractivity contribution in [1.29, 1.82) is 0 Å². The van der Waals surface area contributed by atoms with Gasteiger partial charge in [0.1, 0.15) is 5.75 Å². The average Bonchev–Trinajstić information content (AvgIpc) is 3.30. The van der Waals surface area contributed by atoms with Gasteiger partial charge in [-0.2, -0.15) is 4.98 Å². The van der Waals surface area contributed by atoms with E-state index in [-0.39, 0.29) is 23.8 Å². The standard InChI is InChI=1S/C22H21N5O4/c1-30-16-7-5-15(6-8-16)27-21(28)17-9-4-13(11-18(17)24-22(27)29)20-25-19(26-31-20)14-3-2-10-23-12-14/h2-3,5-8,10,12-13,17-18H,4,9,11H2,1H3,(H,24,29). The van der Waals surface area contributed by atoms with Crippen molar-refractivity contribution in [2.75, 3.05) is 12.0 Å². The van der Waals surface area contributed by atoms with Crippen molar-refractivity contribution in [2.24, 2.45) is 5.92 Å². The summed E-state index contributed by atoms with van der Waals surface area (Å²) in [4.78, 5) is 35.7. The van der Waals surface area contributed by atoms with E-state index in [9.17, 15) is 9.59 Å². The number of carbonyl (C=O) groups excluding carboxylic acids is 2. The largest absolute Gasteiger partial charge is 0.497 e. The monoisotopic (exact) mass is 419 g/mol. The number of hydrogen-bond acceptors (Lipinski definition) is 7. The molecule has 1 N–H and O–H groups in total. The van der Waals surface area contributed by atoms with E-state index >= 15 is 0 Å². The molecule has 3 unspecified atom stereocenters. The molecule has 9 nitrogen and oxygen atoms in total. The zero-order valence-electron chi connectivity index (χ0n) is 16.9. The molecular weight excluding hydrogens is 398 g/mol. The third-order valence-corrected chi connectivity index (χ3v) is 5.94. The Morgan fingerprint density at radius 1 is 1.16 bits per heavy atom. The SMILES string of the molecule is COc1ccc(N2C(=O)NC3CC(c4nc(-c5cccnc5)no4)CCC3C2=O)cc1. The number of benzene rings is 1. The fourth-order valence-corrected chi connectivity index (χ4v) is 4.33. The first kappa shape index (κ1) is 19.2. The van der Waals surface area contributed by atoms with Crippen LogP contribution in [0.1, 0.15) is 31.1 Å². The second-order valence-corrected chi connectivity index (χ2v) is 7.74. The number of nitrogens with zero attached hydrogens (tertiary/aromatic N) is 4. The molecule has 2 aliphatic rings. The Labute approximate surface area is 178 Å². The zero-order valence-corrected chi connectivity index (χ0v) is 16.9. The van der Waals surface area contributed by atoms with Crippen LogP contribution in [0.25, 0.3) is 11.4 Å². The van der Waals surface area contributed by atoms with Gasteiger partial charge in [-0.3, -0.25) is 9.78 Å². The predicted octanol–water partition coefficient (Wildman–Crippen LogP) is 3.15. The lowest BCUT2D eigenvalue weighted by Crippen LogP contribution is -2.61. The molecule has 1 aliphatic carbocycles. The molecule has 0 spiro atoms. The van der Waals surface area contributed by atoms with Crippen LogP contribution in [-0.4, -0.2) is 40.2 Å². The van der Waals surface area contributed by atoms with Gasteiger partial charge in [-0.1, -0.05) is 5.16 Å². The lowest BCUT2D eigenvalue weighted by atomic mass is 9.76. The van der Waals surface area contributed by atoms with Crippen molar-refractivity contribution in [2.45, 2.75) is 31.2 Å². The van der Waals surface area contributed by atoms with Gasteiger partial charge in [-0.25, -0.2) is 9.69 Å². The molecule has 5 rings (SSSR count). The zero-order chi connectivity index (χ0) is 21.4. The van der Waals surface area contributed by atoms with E-state index in [1.807, 2.05) is 12.1 Å². The number of pyridine rings is 1.